The number of nitriles is 2. The van der Waals surface area contributed by atoms with Gasteiger partial charge in [0.2, 0.25) is 0 Å². The van der Waals surface area contributed by atoms with Gasteiger partial charge in [0.05, 0.1) is 6.61 Å². The standard InChI is InChI=1S/C9H11NO.C3H5NO/c1-3-5-6-9(4-2)7-11-8-10;1-2-5-3-4/h3-6H,1,7H2,2H3;2H2,1H3/b6-5-,9-4+;. The third kappa shape index (κ3) is 14.3. The van der Waals surface area contributed by atoms with Crippen molar-refractivity contribution in [3.05, 3.63) is 36.5 Å². The van der Waals surface area contributed by atoms with Gasteiger partial charge >= 0.3 is 0 Å². The van der Waals surface area contributed by atoms with Crippen LogP contribution in [0.5, 0.6) is 0 Å². The second-order valence-electron chi connectivity index (χ2n) is 2.36. The number of hydrogen-bond donors (Lipinski definition) is 0. The van der Waals surface area contributed by atoms with Gasteiger partial charge in [0.1, 0.15) is 6.61 Å². The van der Waals surface area contributed by atoms with E-state index in [0.717, 1.165) is 5.57 Å². The first-order valence-electron chi connectivity index (χ1n) is 4.72. The summed E-state index contributed by atoms with van der Waals surface area (Å²) >= 11 is 0. The summed E-state index contributed by atoms with van der Waals surface area (Å²) in [7, 11) is 0. The van der Waals surface area contributed by atoms with Crippen LogP contribution in [0, 0.1) is 23.0 Å². The van der Waals surface area contributed by atoms with E-state index in [1.165, 1.54) is 6.26 Å². The fraction of sp³-hybridized carbons (Fsp3) is 0.333. The number of ether oxygens (including phenoxy) is 2. The van der Waals surface area contributed by atoms with E-state index >= 15 is 0 Å². The molecule has 0 aromatic rings. The van der Waals surface area contributed by atoms with Crippen molar-refractivity contribution in [2.24, 2.45) is 0 Å². The van der Waals surface area contributed by atoms with E-state index in [-0.39, 0.29) is 0 Å². The largest absolute Gasteiger partial charge is 0.428 e. The Morgan fingerprint density at radius 1 is 1.31 bits per heavy atom. The van der Waals surface area contributed by atoms with Crippen LogP contribution >= 0.6 is 0 Å². The molecule has 0 rings (SSSR count). The SMILES string of the molecule is C=C/C=C\C(=C/C)COC#N.CCOC#N. The average Bonchev–Trinajstić information content (AvgIpc) is 2.31. The molecule has 0 bridgehead atoms. The Balaban J connectivity index is 0. The zero-order valence-electron chi connectivity index (χ0n) is 9.64. The quantitative estimate of drug-likeness (QED) is 0.527. The molecule has 0 aliphatic heterocycles. The van der Waals surface area contributed by atoms with E-state index in [0.29, 0.717) is 13.2 Å². The molecule has 0 radical (unpaired) electrons. The van der Waals surface area contributed by atoms with Gasteiger partial charge in [-0.3, -0.25) is 0 Å². The Kier molecular flexibility index (Phi) is 15.5. The van der Waals surface area contributed by atoms with Crippen LogP contribution in [0.2, 0.25) is 0 Å². The van der Waals surface area contributed by atoms with Crippen LogP contribution in [-0.2, 0) is 9.47 Å². The molecule has 16 heavy (non-hydrogen) atoms. The highest BCUT2D eigenvalue weighted by Gasteiger charge is 1.88. The van der Waals surface area contributed by atoms with Crippen molar-refractivity contribution in [1.29, 1.82) is 10.5 Å². The number of rotatable bonds is 5. The molecule has 0 aromatic carbocycles. The summed E-state index contributed by atoms with van der Waals surface area (Å²) in [4.78, 5) is 0. The average molecular weight is 220 g/mol. The van der Waals surface area contributed by atoms with Crippen LogP contribution in [0.4, 0.5) is 0 Å². The first-order chi connectivity index (χ1) is 7.76. The molecule has 0 N–H and O–H groups in total. The van der Waals surface area contributed by atoms with Crippen molar-refractivity contribution in [2.45, 2.75) is 13.8 Å². The van der Waals surface area contributed by atoms with Crippen LogP contribution in [0.1, 0.15) is 13.8 Å². The minimum atomic E-state index is 0.331. The van der Waals surface area contributed by atoms with E-state index in [9.17, 15) is 0 Å². The van der Waals surface area contributed by atoms with Gasteiger partial charge < -0.3 is 9.47 Å². The van der Waals surface area contributed by atoms with Gasteiger partial charge in [-0.2, -0.15) is 10.5 Å². The topological polar surface area (TPSA) is 66.0 Å². The minimum Gasteiger partial charge on any atom is -0.428 e. The second kappa shape index (κ2) is 15.3. The summed E-state index contributed by atoms with van der Waals surface area (Å²) in [5.41, 5.74) is 0.964. The van der Waals surface area contributed by atoms with Gasteiger partial charge in [-0.1, -0.05) is 30.9 Å². The normalized spacial score (nSPS) is 9.38. The van der Waals surface area contributed by atoms with Gasteiger partial charge in [-0.15, -0.1) is 0 Å². The summed E-state index contributed by atoms with van der Waals surface area (Å²) in [6.07, 6.45) is 10.3. The predicted molar refractivity (Wildman–Crippen MR) is 61.9 cm³/mol. The highest BCUT2D eigenvalue weighted by molar-refractivity contribution is 5.21. The molecular weight excluding hydrogens is 204 g/mol. The molecule has 0 aromatic heterocycles. The lowest BCUT2D eigenvalue weighted by atomic mass is 10.2. The monoisotopic (exact) mass is 220 g/mol. The molecule has 0 atom stereocenters. The highest BCUT2D eigenvalue weighted by Crippen LogP contribution is 1.96. The zero-order valence-corrected chi connectivity index (χ0v) is 9.64. The Morgan fingerprint density at radius 3 is 2.25 bits per heavy atom. The molecule has 0 spiro atoms. The van der Waals surface area contributed by atoms with Crippen molar-refractivity contribution in [1.82, 2.24) is 0 Å². The van der Waals surface area contributed by atoms with Gasteiger partial charge in [-0.25, -0.2) is 0 Å². The zero-order chi connectivity index (χ0) is 12.6. The summed E-state index contributed by atoms with van der Waals surface area (Å²) in [5.74, 6) is 0. The Labute approximate surface area is 96.7 Å². The smallest absolute Gasteiger partial charge is 0.286 e. The Hall–Kier alpha value is -2.20. The number of allylic oxidation sites excluding steroid dienone is 3. The summed E-state index contributed by atoms with van der Waals surface area (Å²) in [6.45, 7) is 8.00. The molecule has 0 unspecified atom stereocenters. The van der Waals surface area contributed by atoms with Crippen LogP contribution in [0.25, 0.3) is 0 Å². The van der Waals surface area contributed by atoms with E-state index < -0.39 is 0 Å². The summed E-state index contributed by atoms with van der Waals surface area (Å²) < 4.78 is 8.67. The molecule has 4 heteroatoms. The lowest BCUT2D eigenvalue weighted by Crippen LogP contribution is -1.89. The first-order valence-corrected chi connectivity index (χ1v) is 4.72. The first kappa shape index (κ1) is 16.2. The third-order valence-electron chi connectivity index (χ3n) is 1.33. The molecule has 0 fully saturated rings. The number of nitrogens with zero attached hydrogens (tertiary/aromatic N) is 2. The van der Waals surface area contributed by atoms with E-state index in [2.05, 4.69) is 16.1 Å². The van der Waals surface area contributed by atoms with Gasteiger partial charge in [-0.05, 0) is 19.4 Å². The van der Waals surface area contributed by atoms with Gasteiger partial charge in [0, 0.05) is 0 Å². The fourth-order valence-corrected chi connectivity index (χ4v) is 0.599. The number of hydrogen-bond acceptors (Lipinski definition) is 4. The fourth-order valence-electron chi connectivity index (χ4n) is 0.599. The molecule has 0 aliphatic carbocycles. The lowest BCUT2D eigenvalue weighted by molar-refractivity contribution is 0.291. The van der Waals surface area contributed by atoms with Crippen molar-refractivity contribution in [2.75, 3.05) is 13.2 Å². The maximum absolute atomic E-state index is 8.09. The van der Waals surface area contributed by atoms with Crippen molar-refractivity contribution in [3.8, 4) is 12.5 Å². The van der Waals surface area contributed by atoms with Gasteiger partial charge in [0.15, 0.2) is 0 Å². The van der Waals surface area contributed by atoms with Crippen molar-refractivity contribution in [3.63, 3.8) is 0 Å². The maximum atomic E-state index is 8.09. The lowest BCUT2D eigenvalue weighted by Gasteiger charge is -1.95. The molecule has 0 heterocycles. The summed E-state index contributed by atoms with van der Waals surface area (Å²) in [5, 5.41) is 15.7. The van der Waals surface area contributed by atoms with Gasteiger partial charge in [0.25, 0.3) is 12.5 Å². The Bertz CT molecular complexity index is 306. The van der Waals surface area contributed by atoms with E-state index in [4.69, 9.17) is 10.5 Å². The highest BCUT2D eigenvalue weighted by atomic mass is 16.5. The molecule has 0 amide bonds. The van der Waals surface area contributed by atoms with E-state index in [1.54, 1.807) is 25.3 Å². The summed E-state index contributed by atoms with van der Waals surface area (Å²) in [6, 6.07) is 0. The van der Waals surface area contributed by atoms with Crippen molar-refractivity contribution >= 4 is 0 Å². The van der Waals surface area contributed by atoms with Crippen LogP contribution < -0.4 is 0 Å². The van der Waals surface area contributed by atoms with Crippen LogP contribution in [0.15, 0.2) is 36.5 Å². The predicted octanol–water partition coefficient (Wildman–Crippen LogP) is 2.68. The molecule has 4 nitrogen and oxygen atoms in total. The molecule has 0 saturated carbocycles. The minimum absolute atomic E-state index is 0.331. The van der Waals surface area contributed by atoms with Crippen LogP contribution in [-0.4, -0.2) is 13.2 Å². The molecular formula is C12H16N2O2. The maximum Gasteiger partial charge on any atom is 0.286 e. The third-order valence-corrected chi connectivity index (χ3v) is 1.33. The molecule has 0 saturated heterocycles. The Morgan fingerprint density at radius 2 is 1.94 bits per heavy atom. The van der Waals surface area contributed by atoms with E-state index in [1.807, 2.05) is 19.1 Å². The second-order valence-corrected chi connectivity index (χ2v) is 2.36. The van der Waals surface area contributed by atoms with Crippen LogP contribution in [0.3, 0.4) is 0 Å². The van der Waals surface area contributed by atoms with Crippen molar-refractivity contribution < 1.29 is 9.47 Å². The molecule has 86 valence electrons. The molecule has 0 aliphatic rings.